The van der Waals surface area contributed by atoms with Gasteiger partial charge in [-0.2, -0.15) is 0 Å². The third kappa shape index (κ3) is 7.04. The molecule has 0 radical (unpaired) electrons. The number of benzene rings is 1. The molecule has 0 unspecified atom stereocenters. The van der Waals surface area contributed by atoms with Crippen molar-refractivity contribution in [2.75, 3.05) is 6.54 Å². The van der Waals surface area contributed by atoms with Crippen molar-refractivity contribution in [1.82, 2.24) is 0 Å². The molecular formula is C16H25NO3. The van der Waals surface area contributed by atoms with Gasteiger partial charge in [-0.05, 0) is 24.9 Å². The van der Waals surface area contributed by atoms with E-state index in [4.69, 9.17) is 10.8 Å². The molecule has 20 heavy (non-hydrogen) atoms. The van der Waals surface area contributed by atoms with Gasteiger partial charge in [0.05, 0.1) is 5.56 Å². The second-order valence-electron chi connectivity index (χ2n) is 5.01. The van der Waals surface area contributed by atoms with E-state index >= 15 is 0 Å². The molecule has 0 saturated carbocycles. The van der Waals surface area contributed by atoms with Crippen LogP contribution in [0.1, 0.15) is 60.7 Å². The summed E-state index contributed by atoms with van der Waals surface area (Å²) in [6.45, 7) is 7.00. The van der Waals surface area contributed by atoms with E-state index in [1.54, 1.807) is 18.2 Å². The topological polar surface area (TPSA) is 80.4 Å². The standard InChI is InChI=1S/C12H14O3.C4H11N/c1-2-3-8-11(13)9-6-4-5-7-10(9)12(14)15;1-4(2)3-5/h4-7H,2-3,8H2,1H3,(H,14,15);4H,3,5H2,1-2H3. The van der Waals surface area contributed by atoms with Crippen LogP contribution in [0.15, 0.2) is 24.3 Å². The van der Waals surface area contributed by atoms with Gasteiger partial charge in [0.25, 0.3) is 0 Å². The van der Waals surface area contributed by atoms with Crippen LogP contribution in [0.3, 0.4) is 0 Å². The Hall–Kier alpha value is -1.68. The number of carboxylic acid groups (broad SMARTS) is 1. The molecule has 112 valence electrons. The lowest BCUT2D eigenvalue weighted by Gasteiger charge is -2.03. The number of hydrogen-bond acceptors (Lipinski definition) is 3. The summed E-state index contributed by atoms with van der Waals surface area (Å²) in [5.41, 5.74) is 5.59. The minimum atomic E-state index is -1.05. The molecule has 4 nitrogen and oxygen atoms in total. The summed E-state index contributed by atoms with van der Waals surface area (Å²) in [6.07, 6.45) is 2.15. The fourth-order valence-electron chi connectivity index (χ4n) is 1.38. The molecule has 3 N–H and O–H groups in total. The number of nitrogens with two attached hydrogens (primary N) is 1. The Morgan fingerprint density at radius 2 is 1.70 bits per heavy atom. The number of carboxylic acids is 1. The predicted octanol–water partition coefficient (Wildman–Crippen LogP) is 3.36. The van der Waals surface area contributed by atoms with Crippen LogP contribution in [0.25, 0.3) is 0 Å². The quantitative estimate of drug-likeness (QED) is 0.782. The highest BCUT2D eigenvalue weighted by Gasteiger charge is 2.14. The van der Waals surface area contributed by atoms with Gasteiger partial charge in [-0.15, -0.1) is 0 Å². The van der Waals surface area contributed by atoms with Crippen LogP contribution < -0.4 is 5.73 Å². The van der Waals surface area contributed by atoms with Crippen molar-refractivity contribution in [3.05, 3.63) is 35.4 Å². The molecule has 0 atom stereocenters. The van der Waals surface area contributed by atoms with E-state index in [-0.39, 0.29) is 11.3 Å². The van der Waals surface area contributed by atoms with Gasteiger partial charge in [0.1, 0.15) is 0 Å². The fraction of sp³-hybridized carbons (Fsp3) is 0.500. The number of carbonyl (C=O) groups excluding carboxylic acids is 1. The third-order valence-corrected chi connectivity index (χ3v) is 2.69. The minimum absolute atomic E-state index is 0.0881. The maximum absolute atomic E-state index is 11.7. The second-order valence-corrected chi connectivity index (χ2v) is 5.01. The van der Waals surface area contributed by atoms with E-state index in [9.17, 15) is 9.59 Å². The number of hydrogen-bond donors (Lipinski definition) is 2. The Balaban J connectivity index is 0.000000621. The normalized spacial score (nSPS) is 9.85. The summed E-state index contributed by atoms with van der Waals surface area (Å²) >= 11 is 0. The monoisotopic (exact) mass is 279 g/mol. The van der Waals surface area contributed by atoms with Crippen LogP contribution >= 0.6 is 0 Å². The van der Waals surface area contributed by atoms with Gasteiger partial charge >= 0.3 is 5.97 Å². The van der Waals surface area contributed by atoms with E-state index in [2.05, 4.69) is 13.8 Å². The molecule has 0 bridgehead atoms. The summed E-state index contributed by atoms with van der Waals surface area (Å²) in [5.74, 6) is -0.472. The van der Waals surface area contributed by atoms with Crippen molar-refractivity contribution in [3.63, 3.8) is 0 Å². The molecule has 0 aliphatic rings. The first kappa shape index (κ1) is 18.3. The highest BCUT2D eigenvalue weighted by molar-refractivity contribution is 6.05. The maximum Gasteiger partial charge on any atom is 0.336 e. The molecule has 1 aromatic carbocycles. The first-order valence-corrected chi connectivity index (χ1v) is 6.99. The van der Waals surface area contributed by atoms with Gasteiger partial charge in [0.2, 0.25) is 0 Å². The lowest BCUT2D eigenvalue weighted by Crippen LogP contribution is -2.08. The van der Waals surface area contributed by atoms with Crippen LogP contribution in [0.2, 0.25) is 0 Å². The van der Waals surface area contributed by atoms with Crippen molar-refractivity contribution >= 4 is 11.8 Å². The molecule has 0 spiro atoms. The average Bonchev–Trinajstić information content (AvgIpc) is 2.45. The van der Waals surface area contributed by atoms with Crippen molar-refractivity contribution in [3.8, 4) is 0 Å². The zero-order valence-electron chi connectivity index (χ0n) is 12.6. The number of Topliss-reactive ketones (excluding diaryl/α,β-unsaturated/α-hetero) is 1. The van der Waals surface area contributed by atoms with Crippen molar-refractivity contribution in [1.29, 1.82) is 0 Å². The summed E-state index contributed by atoms with van der Waals surface area (Å²) in [6, 6.07) is 6.34. The van der Waals surface area contributed by atoms with Crippen LogP contribution in [0.4, 0.5) is 0 Å². The van der Waals surface area contributed by atoms with Crippen LogP contribution in [-0.4, -0.2) is 23.4 Å². The first-order valence-electron chi connectivity index (χ1n) is 6.99. The van der Waals surface area contributed by atoms with E-state index in [0.29, 0.717) is 17.9 Å². The van der Waals surface area contributed by atoms with Gasteiger partial charge in [0.15, 0.2) is 5.78 Å². The van der Waals surface area contributed by atoms with Gasteiger partial charge in [-0.3, -0.25) is 4.79 Å². The van der Waals surface area contributed by atoms with Gasteiger partial charge in [0, 0.05) is 12.0 Å². The maximum atomic E-state index is 11.7. The molecule has 1 aromatic rings. The molecular weight excluding hydrogens is 254 g/mol. The highest BCUT2D eigenvalue weighted by atomic mass is 16.4. The molecule has 0 saturated heterocycles. The van der Waals surface area contributed by atoms with Crippen molar-refractivity contribution < 1.29 is 14.7 Å². The number of unbranched alkanes of at least 4 members (excludes halogenated alkanes) is 1. The Morgan fingerprint density at radius 1 is 1.20 bits per heavy atom. The lowest BCUT2D eigenvalue weighted by molar-refractivity contribution is 0.0691. The molecule has 0 amide bonds. The molecule has 0 aliphatic carbocycles. The lowest BCUT2D eigenvalue weighted by atomic mass is 10.0. The smallest absolute Gasteiger partial charge is 0.336 e. The molecule has 4 heteroatoms. The summed E-state index contributed by atoms with van der Waals surface area (Å²) in [7, 11) is 0. The van der Waals surface area contributed by atoms with E-state index in [1.807, 2.05) is 6.92 Å². The van der Waals surface area contributed by atoms with Crippen LogP contribution in [0.5, 0.6) is 0 Å². The molecule has 0 heterocycles. The Labute approximate surface area is 121 Å². The average molecular weight is 279 g/mol. The molecule has 0 aromatic heterocycles. The second kappa shape index (κ2) is 10.1. The Bertz CT molecular complexity index is 427. The Morgan fingerprint density at radius 3 is 2.10 bits per heavy atom. The fourth-order valence-corrected chi connectivity index (χ4v) is 1.38. The van der Waals surface area contributed by atoms with E-state index in [1.165, 1.54) is 6.07 Å². The SMILES string of the molecule is CC(C)CN.CCCCC(=O)c1ccccc1C(=O)O. The van der Waals surface area contributed by atoms with E-state index in [0.717, 1.165) is 19.4 Å². The molecule has 0 aliphatic heterocycles. The zero-order chi connectivity index (χ0) is 15.5. The van der Waals surface area contributed by atoms with Crippen LogP contribution in [0, 0.1) is 5.92 Å². The number of rotatable bonds is 6. The third-order valence-electron chi connectivity index (χ3n) is 2.69. The number of aromatic carboxylic acids is 1. The first-order chi connectivity index (χ1) is 9.43. The molecule has 0 fully saturated rings. The summed E-state index contributed by atoms with van der Waals surface area (Å²) in [4.78, 5) is 22.5. The van der Waals surface area contributed by atoms with Gasteiger partial charge < -0.3 is 10.8 Å². The number of carbonyl (C=O) groups is 2. The summed E-state index contributed by atoms with van der Waals surface area (Å²) in [5, 5.41) is 8.89. The van der Waals surface area contributed by atoms with Crippen molar-refractivity contribution in [2.24, 2.45) is 11.7 Å². The minimum Gasteiger partial charge on any atom is -0.478 e. The largest absolute Gasteiger partial charge is 0.478 e. The Kier molecular flexibility index (Phi) is 9.30. The predicted molar refractivity (Wildman–Crippen MR) is 81.1 cm³/mol. The number of ketones is 1. The van der Waals surface area contributed by atoms with Gasteiger partial charge in [-0.25, -0.2) is 4.79 Å². The van der Waals surface area contributed by atoms with Gasteiger partial charge in [-0.1, -0.05) is 45.4 Å². The van der Waals surface area contributed by atoms with E-state index < -0.39 is 5.97 Å². The summed E-state index contributed by atoms with van der Waals surface area (Å²) < 4.78 is 0. The molecule has 1 rings (SSSR count). The zero-order valence-corrected chi connectivity index (χ0v) is 12.6. The van der Waals surface area contributed by atoms with Crippen LogP contribution in [-0.2, 0) is 0 Å². The van der Waals surface area contributed by atoms with Crippen molar-refractivity contribution in [2.45, 2.75) is 40.0 Å². The highest BCUT2D eigenvalue weighted by Crippen LogP contribution is 2.12.